The van der Waals surface area contributed by atoms with Gasteiger partial charge >= 0.3 is 6.03 Å². The number of para-hydroxylation sites is 1. The van der Waals surface area contributed by atoms with E-state index in [1.807, 2.05) is 59.4 Å². The van der Waals surface area contributed by atoms with Crippen molar-refractivity contribution in [2.24, 2.45) is 0 Å². The number of urea groups is 1. The molecule has 25 heavy (non-hydrogen) atoms. The molecule has 0 spiro atoms. The summed E-state index contributed by atoms with van der Waals surface area (Å²) < 4.78 is 1.88. The van der Waals surface area contributed by atoms with Gasteiger partial charge in [-0.2, -0.15) is 5.10 Å². The van der Waals surface area contributed by atoms with Crippen molar-refractivity contribution in [1.29, 1.82) is 0 Å². The van der Waals surface area contributed by atoms with Crippen LogP contribution in [0.25, 0.3) is 16.6 Å². The summed E-state index contributed by atoms with van der Waals surface area (Å²) in [6.45, 7) is 0.702. The van der Waals surface area contributed by atoms with Gasteiger partial charge in [-0.05, 0) is 43.2 Å². The van der Waals surface area contributed by atoms with Gasteiger partial charge in [-0.25, -0.2) is 9.48 Å². The maximum atomic E-state index is 12.4. The highest BCUT2D eigenvalue weighted by Gasteiger charge is 2.27. The lowest BCUT2D eigenvalue weighted by atomic mass is 10.2. The number of anilines is 1. The fraction of sp³-hybridized carbons (Fsp3) is 0.263. The first-order valence-corrected chi connectivity index (χ1v) is 8.48. The number of benzene rings is 2. The van der Waals surface area contributed by atoms with Crippen LogP contribution in [0, 0.1) is 0 Å². The maximum absolute atomic E-state index is 12.4. The van der Waals surface area contributed by atoms with Crippen molar-refractivity contribution in [2.75, 3.05) is 18.5 Å². The lowest BCUT2D eigenvalue weighted by Gasteiger charge is -2.23. The molecule has 0 radical (unpaired) electrons. The van der Waals surface area contributed by atoms with Crippen LogP contribution in [0.5, 0.6) is 0 Å². The van der Waals surface area contributed by atoms with Crippen LogP contribution in [0.4, 0.5) is 10.5 Å². The third-order valence-electron chi connectivity index (χ3n) is 4.69. The van der Waals surface area contributed by atoms with Gasteiger partial charge in [0.25, 0.3) is 0 Å². The van der Waals surface area contributed by atoms with Crippen LogP contribution in [-0.4, -0.2) is 45.0 Å². The van der Waals surface area contributed by atoms with E-state index in [1.54, 1.807) is 4.90 Å². The second-order valence-corrected chi connectivity index (χ2v) is 6.26. The predicted molar refractivity (Wildman–Crippen MR) is 96.9 cm³/mol. The third-order valence-corrected chi connectivity index (χ3v) is 4.69. The molecular formula is C19H20N4O2. The van der Waals surface area contributed by atoms with E-state index in [0.717, 1.165) is 35.1 Å². The molecule has 2 aromatic carbocycles. The summed E-state index contributed by atoms with van der Waals surface area (Å²) in [7, 11) is 0. The molecule has 0 unspecified atom stereocenters. The van der Waals surface area contributed by atoms with Crippen molar-refractivity contribution in [3.8, 4) is 5.69 Å². The number of nitrogens with zero attached hydrogens (tertiary/aromatic N) is 3. The summed E-state index contributed by atoms with van der Waals surface area (Å²) in [5.41, 5.74) is 2.71. The molecule has 4 rings (SSSR count). The Kier molecular flexibility index (Phi) is 4.11. The quantitative estimate of drug-likeness (QED) is 0.772. The Bertz CT molecular complexity index is 888. The minimum Gasteiger partial charge on any atom is -0.394 e. The molecule has 0 saturated carbocycles. The Hall–Kier alpha value is -2.86. The van der Waals surface area contributed by atoms with Crippen LogP contribution in [0.15, 0.2) is 54.7 Å². The molecule has 1 fully saturated rings. The van der Waals surface area contributed by atoms with Gasteiger partial charge in [0.05, 0.1) is 30.0 Å². The largest absolute Gasteiger partial charge is 0.394 e. The van der Waals surface area contributed by atoms with Crippen molar-refractivity contribution < 1.29 is 9.90 Å². The minimum atomic E-state index is -0.158. The van der Waals surface area contributed by atoms with Gasteiger partial charge in [-0.15, -0.1) is 0 Å². The Labute approximate surface area is 145 Å². The summed E-state index contributed by atoms with van der Waals surface area (Å²) in [5.74, 6) is 0. The third kappa shape index (κ3) is 2.96. The summed E-state index contributed by atoms with van der Waals surface area (Å²) >= 11 is 0. The van der Waals surface area contributed by atoms with E-state index in [-0.39, 0.29) is 18.7 Å². The molecule has 2 amide bonds. The number of carbonyl (C=O) groups is 1. The van der Waals surface area contributed by atoms with E-state index in [1.165, 1.54) is 0 Å². The van der Waals surface area contributed by atoms with E-state index in [2.05, 4.69) is 10.4 Å². The zero-order valence-electron chi connectivity index (χ0n) is 13.8. The van der Waals surface area contributed by atoms with E-state index in [0.29, 0.717) is 6.54 Å². The lowest BCUT2D eigenvalue weighted by molar-refractivity contribution is 0.166. The fourth-order valence-electron chi connectivity index (χ4n) is 3.35. The Morgan fingerprint density at radius 1 is 1.20 bits per heavy atom. The van der Waals surface area contributed by atoms with Crippen molar-refractivity contribution >= 4 is 22.6 Å². The van der Waals surface area contributed by atoms with E-state index in [9.17, 15) is 9.90 Å². The molecule has 128 valence electrons. The number of aliphatic hydroxyl groups is 1. The van der Waals surface area contributed by atoms with Crippen molar-refractivity contribution in [1.82, 2.24) is 14.7 Å². The fourth-order valence-corrected chi connectivity index (χ4v) is 3.35. The Morgan fingerprint density at radius 2 is 2.00 bits per heavy atom. The second kappa shape index (κ2) is 6.57. The molecular weight excluding hydrogens is 316 g/mol. The summed E-state index contributed by atoms with van der Waals surface area (Å²) in [6.07, 6.45) is 3.63. The summed E-state index contributed by atoms with van der Waals surface area (Å²) in [4.78, 5) is 14.1. The number of aromatic nitrogens is 2. The van der Waals surface area contributed by atoms with Gasteiger partial charge in [0.2, 0.25) is 0 Å². The van der Waals surface area contributed by atoms with Crippen LogP contribution in [0.1, 0.15) is 12.8 Å². The zero-order chi connectivity index (χ0) is 17.2. The normalized spacial score (nSPS) is 17.2. The number of aliphatic hydroxyl groups excluding tert-OH is 1. The van der Waals surface area contributed by atoms with Gasteiger partial charge < -0.3 is 15.3 Å². The number of fused-ring (bicyclic) bond motifs is 1. The predicted octanol–water partition coefficient (Wildman–Crippen LogP) is 3.01. The highest BCUT2D eigenvalue weighted by atomic mass is 16.3. The highest BCUT2D eigenvalue weighted by Crippen LogP contribution is 2.21. The number of likely N-dealkylation sites (tertiary alicyclic amines) is 1. The van der Waals surface area contributed by atoms with Crippen LogP contribution >= 0.6 is 0 Å². The lowest BCUT2D eigenvalue weighted by Crippen LogP contribution is -2.40. The van der Waals surface area contributed by atoms with Crippen molar-refractivity contribution in [2.45, 2.75) is 18.9 Å². The van der Waals surface area contributed by atoms with Gasteiger partial charge in [0, 0.05) is 17.6 Å². The van der Waals surface area contributed by atoms with Gasteiger partial charge in [0.15, 0.2) is 0 Å². The smallest absolute Gasteiger partial charge is 0.322 e. The molecule has 1 atom stereocenters. The number of amides is 2. The van der Waals surface area contributed by atoms with Crippen LogP contribution in [0.3, 0.4) is 0 Å². The van der Waals surface area contributed by atoms with Crippen LogP contribution < -0.4 is 5.32 Å². The first kappa shape index (κ1) is 15.7. The molecule has 2 N–H and O–H groups in total. The number of rotatable bonds is 3. The number of hydrogen-bond acceptors (Lipinski definition) is 3. The molecule has 1 aliphatic heterocycles. The topological polar surface area (TPSA) is 70.4 Å². The molecule has 6 nitrogen and oxygen atoms in total. The van der Waals surface area contributed by atoms with E-state index < -0.39 is 0 Å². The van der Waals surface area contributed by atoms with E-state index in [4.69, 9.17) is 0 Å². The number of hydrogen-bond donors (Lipinski definition) is 2. The molecule has 1 aliphatic rings. The highest BCUT2D eigenvalue weighted by molar-refractivity contribution is 5.90. The second-order valence-electron chi connectivity index (χ2n) is 6.26. The van der Waals surface area contributed by atoms with Gasteiger partial charge in [-0.1, -0.05) is 18.2 Å². The van der Waals surface area contributed by atoms with Gasteiger partial charge in [0.1, 0.15) is 0 Å². The zero-order valence-corrected chi connectivity index (χ0v) is 13.8. The molecule has 1 aromatic heterocycles. The maximum Gasteiger partial charge on any atom is 0.322 e. The average Bonchev–Trinajstić information content (AvgIpc) is 3.29. The molecule has 1 saturated heterocycles. The van der Waals surface area contributed by atoms with Crippen LogP contribution in [-0.2, 0) is 0 Å². The molecule has 3 aromatic rings. The summed E-state index contributed by atoms with van der Waals surface area (Å²) in [5, 5.41) is 17.8. The SMILES string of the molecule is O=C(Nc1ccc(-n2ncc3ccccc32)cc1)N1CCC[C@H]1CO. The first-order valence-electron chi connectivity index (χ1n) is 8.48. The Balaban J connectivity index is 1.51. The van der Waals surface area contributed by atoms with Crippen molar-refractivity contribution in [3.63, 3.8) is 0 Å². The summed E-state index contributed by atoms with van der Waals surface area (Å²) in [6, 6.07) is 15.4. The average molecular weight is 336 g/mol. The molecule has 6 heteroatoms. The molecule has 0 aliphatic carbocycles. The Morgan fingerprint density at radius 3 is 2.80 bits per heavy atom. The van der Waals surface area contributed by atoms with Crippen molar-refractivity contribution in [3.05, 3.63) is 54.7 Å². The number of nitrogens with one attached hydrogen (secondary N) is 1. The number of carbonyl (C=O) groups excluding carboxylic acids is 1. The standard InChI is InChI=1S/C19H20N4O2/c24-13-17-5-3-11-22(17)19(25)21-15-7-9-16(10-8-15)23-18-6-2-1-4-14(18)12-20-23/h1-2,4,6-10,12,17,24H,3,5,11,13H2,(H,21,25)/t17-/m0/s1. The molecule has 0 bridgehead atoms. The van der Waals surface area contributed by atoms with Gasteiger partial charge in [-0.3, -0.25) is 0 Å². The molecule has 2 heterocycles. The monoisotopic (exact) mass is 336 g/mol. The van der Waals surface area contributed by atoms with E-state index >= 15 is 0 Å². The van der Waals surface area contributed by atoms with Crippen LogP contribution in [0.2, 0.25) is 0 Å². The first-order chi connectivity index (χ1) is 12.3. The minimum absolute atomic E-state index is 0.0126.